The Labute approximate surface area is 189 Å². The molecule has 3 rings (SSSR count). The molecule has 0 amide bonds. The molecule has 0 atom stereocenters. The van der Waals surface area contributed by atoms with Crippen LogP contribution in [0.5, 0.6) is 11.5 Å². The minimum Gasteiger partial charge on any atom is -0.465 e. The van der Waals surface area contributed by atoms with Crippen molar-refractivity contribution in [3.63, 3.8) is 0 Å². The Kier molecular flexibility index (Phi) is 7.58. The van der Waals surface area contributed by atoms with Crippen LogP contribution in [-0.2, 0) is 14.3 Å². The van der Waals surface area contributed by atoms with Gasteiger partial charge in [0.15, 0.2) is 5.75 Å². The lowest BCUT2D eigenvalue weighted by Gasteiger charge is -2.15. The zero-order valence-electron chi connectivity index (χ0n) is 18.0. The molecule has 1 heterocycles. The predicted molar refractivity (Wildman–Crippen MR) is 118 cm³/mol. The summed E-state index contributed by atoms with van der Waals surface area (Å²) in [4.78, 5) is 38.7. The van der Waals surface area contributed by atoms with E-state index >= 15 is 0 Å². The van der Waals surface area contributed by atoms with E-state index in [4.69, 9.17) is 14.2 Å². The number of hydrogen-bond donors (Lipinski definition) is 1. The van der Waals surface area contributed by atoms with Crippen LogP contribution in [0.1, 0.15) is 24.2 Å². The van der Waals surface area contributed by atoms with Crippen LogP contribution in [0.3, 0.4) is 0 Å². The summed E-state index contributed by atoms with van der Waals surface area (Å²) >= 11 is 0. The highest BCUT2D eigenvalue weighted by atomic mass is 16.6. The average Bonchev–Trinajstić information content (AvgIpc) is 3.33. The first kappa shape index (κ1) is 23.3. The molecule has 0 aliphatic heterocycles. The van der Waals surface area contributed by atoms with Gasteiger partial charge in [-0.3, -0.25) is 14.9 Å². The number of rotatable bonds is 10. The maximum Gasteiger partial charge on any atom is 0.338 e. The molecular formula is C22H22N4O7. The van der Waals surface area contributed by atoms with E-state index in [1.54, 1.807) is 42.9 Å². The van der Waals surface area contributed by atoms with Crippen LogP contribution < -0.4 is 10.1 Å². The molecule has 0 saturated carbocycles. The van der Waals surface area contributed by atoms with Crippen molar-refractivity contribution in [1.82, 2.24) is 9.55 Å². The normalized spacial score (nSPS) is 10.4. The van der Waals surface area contributed by atoms with E-state index in [1.165, 1.54) is 30.6 Å². The van der Waals surface area contributed by atoms with Gasteiger partial charge in [0.1, 0.15) is 18.0 Å². The highest BCUT2D eigenvalue weighted by Gasteiger charge is 2.21. The van der Waals surface area contributed by atoms with Crippen LogP contribution >= 0.6 is 0 Å². The first-order chi connectivity index (χ1) is 15.9. The van der Waals surface area contributed by atoms with Gasteiger partial charge in [-0.15, -0.1) is 0 Å². The summed E-state index contributed by atoms with van der Waals surface area (Å²) in [5.41, 5.74) is 0.616. The summed E-state index contributed by atoms with van der Waals surface area (Å²) in [6, 6.07) is 8.93. The Hall–Kier alpha value is -4.41. The van der Waals surface area contributed by atoms with Gasteiger partial charge >= 0.3 is 11.9 Å². The van der Waals surface area contributed by atoms with E-state index in [1.807, 2.05) is 0 Å². The molecule has 33 heavy (non-hydrogen) atoms. The third kappa shape index (κ3) is 5.85. The lowest BCUT2D eigenvalue weighted by Crippen LogP contribution is -2.17. The van der Waals surface area contributed by atoms with Gasteiger partial charge in [0.25, 0.3) is 5.69 Å². The van der Waals surface area contributed by atoms with Crippen molar-refractivity contribution >= 4 is 23.3 Å². The predicted octanol–water partition coefficient (Wildman–Crippen LogP) is 3.72. The molecule has 2 aromatic carbocycles. The van der Waals surface area contributed by atoms with Crippen molar-refractivity contribution in [3.8, 4) is 17.2 Å². The number of nitrogens with one attached hydrogen (secondary N) is 1. The standard InChI is InChI=1S/C22H22N4O7/c1-3-31-21(27)13-24-17-11-19(25-10-9-23-14-25)20(12-18(17)26(29)30)33-16-7-5-15(6-8-16)22(28)32-4-2/h5-12,14,24H,3-4,13H2,1-2H3. The van der Waals surface area contributed by atoms with Crippen molar-refractivity contribution in [2.45, 2.75) is 13.8 Å². The van der Waals surface area contributed by atoms with Crippen LogP contribution in [0.4, 0.5) is 11.4 Å². The lowest BCUT2D eigenvalue weighted by atomic mass is 10.2. The molecule has 0 radical (unpaired) electrons. The number of nitro groups is 1. The van der Waals surface area contributed by atoms with E-state index in [-0.39, 0.29) is 36.9 Å². The number of nitrogens with zero attached hydrogens (tertiary/aromatic N) is 3. The quantitative estimate of drug-likeness (QED) is 0.276. The molecule has 11 nitrogen and oxygen atoms in total. The molecule has 1 aromatic heterocycles. The lowest BCUT2D eigenvalue weighted by molar-refractivity contribution is -0.384. The molecule has 3 aromatic rings. The van der Waals surface area contributed by atoms with Crippen LogP contribution in [-0.4, -0.2) is 46.2 Å². The second-order valence-electron chi connectivity index (χ2n) is 6.57. The van der Waals surface area contributed by atoms with Crippen LogP contribution in [0.25, 0.3) is 5.69 Å². The fraction of sp³-hybridized carbons (Fsp3) is 0.227. The van der Waals surface area contributed by atoms with Crippen LogP contribution in [0.2, 0.25) is 0 Å². The number of anilines is 1. The number of imidazole rings is 1. The Balaban J connectivity index is 1.96. The third-order valence-corrected chi connectivity index (χ3v) is 4.38. The number of esters is 2. The highest BCUT2D eigenvalue weighted by Crippen LogP contribution is 2.37. The van der Waals surface area contributed by atoms with E-state index in [0.717, 1.165) is 0 Å². The van der Waals surface area contributed by atoms with Gasteiger partial charge in [0.05, 0.1) is 41.8 Å². The molecule has 0 unspecified atom stereocenters. The SMILES string of the molecule is CCOC(=O)CNc1cc(-n2ccnc2)c(Oc2ccc(C(=O)OCC)cc2)cc1[N+](=O)[O-]. The highest BCUT2D eigenvalue weighted by molar-refractivity contribution is 5.89. The maximum atomic E-state index is 11.8. The van der Waals surface area contributed by atoms with Gasteiger partial charge in [-0.05, 0) is 44.2 Å². The Morgan fingerprint density at radius 2 is 1.85 bits per heavy atom. The number of aromatic nitrogens is 2. The first-order valence-corrected chi connectivity index (χ1v) is 10.1. The van der Waals surface area contributed by atoms with E-state index in [0.29, 0.717) is 17.0 Å². The van der Waals surface area contributed by atoms with Gasteiger partial charge in [-0.1, -0.05) is 0 Å². The molecule has 0 spiro atoms. The summed E-state index contributed by atoms with van der Waals surface area (Å²) in [7, 11) is 0. The molecule has 1 N–H and O–H groups in total. The Bertz CT molecular complexity index is 1130. The molecule has 0 fully saturated rings. The Morgan fingerprint density at radius 3 is 2.45 bits per heavy atom. The molecule has 0 saturated heterocycles. The zero-order chi connectivity index (χ0) is 23.8. The molecule has 0 aliphatic rings. The largest absolute Gasteiger partial charge is 0.465 e. The van der Waals surface area contributed by atoms with E-state index < -0.39 is 16.9 Å². The molecule has 11 heteroatoms. The van der Waals surface area contributed by atoms with E-state index in [2.05, 4.69) is 10.3 Å². The summed E-state index contributed by atoms with van der Waals surface area (Å²) in [5.74, 6) is -0.481. The van der Waals surface area contributed by atoms with Crippen LogP contribution in [0.15, 0.2) is 55.1 Å². The third-order valence-electron chi connectivity index (χ3n) is 4.38. The van der Waals surface area contributed by atoms with Gasteiger partial charge in [-0.2, -0.15) is 0 Å². The number of carbonyl (C=O) groups is 2. The maximum absolute atomic E-state index is 11.8. The monoisotopic (exact) mass is 454 g/mol. The Morgan fingerprint density at radius 1 is 1.12 bits per heavy atom. The van der Waals surface area contributed by atoms with Crippen molar-refractivity contribution < 1.29 is 28.7 Å². The van der Waals surface area contributed by atoms with Crippen LogP contribution in [0, 0.1) is 10.1 Å². The molecular weight excluding hydrogens is 432 g/mol. The van der Waals surface area contributed by atoms with Gasteiger partial charge in [0, 0.05) is 12.4 Å². The fourth-order valence-electron chi connectivity index (χ4n) is 2.92. The number of ether oxygens (including phenoxy) is 3. The van der Waals surface area contributed by atoms with Crippen molar-refractivity contribution in [1.29, 1.82) is 0 Å². The second kappa shape index (κ2) is 10.8. The second-order valence-corrected chi connectivity index (χ2v) is 6.57. The van der Waals surface area contributed by atoms with E-state index in [9.17, 15) is 19.7 Å². The zero-order valence-corrected chi connectivity index (χ0v) is 18.0. The minimum atomic E-state index is -0.581. The molecule has 172 valence electrons. The topological polar surface area (TPSA) is 135 Å². The van der Waals surface area contributed by atoms with Crippen molar-refractivity contribution in [2.24, 2.45) is 0 Å². The van der Waals surface area contributed by atoms with Gasteiger partial charge < -0.3 is 24.1 Å². The van der Waals surface area contributed by atoms with Gasteiger partial charge in [0.2, 0.25) is 0 Å². The smallest absolute Gasteiger partial charge is 0.338 e. The summed E-state index contributed by atoms with van der Waals surface area (Å²) in [5, 5.41) is 14.4. The van der Waals surface area contributed by atoms with Crippen molar-refractivity contribution in [2.75, 3.05) is 25.1 Å². The molecule has 0 aliphatic carbocycles. The van der Waals surface area contributed by atoms with Gasteiger partial charge in [-0.25, -0.2) is 9.78 Å². The fourth-order valence-corrected chi connectivity index (χ4v) is 2.92. The summed E-state index contributed by atoms with van der Waals surface area (Å²) in [6.45, 7) is 3.60. The number of carbonyl (C=O) groups excluding carboxylic acids is 2. The average molecular weight is 454 g/mol. The number of nitro benzene ring substituents is 1. The molecule has 0 bridgehead atoms. The summed E-state index contributed by atoms with van der Waals surface area (Å²) in [6.07, 6.45) is 4.70. The number of benzene rings is 2. The summed E-state index contributed by atoms with van der Waals surface area (Å²) < 4.78 is 17.4. The first-order valence-electron chi connectivity index (χ1n) is 10.1. The number of hydrogen-bond acceptors (Lipinski definition) is 9. The van der Waals surface area contributed by atoms with Crippen molar-refractivity contribution in [3.05, 3.63) is 70.8 Å². The minimum absolute atomic E-state index is 0.113.